The van der Waals surface area contributed by atoms with Crippen molar-refractivity contribution in [2.45, 2.75) is 39.7 Å². The summed E-state index contributed by atoms with van der Waals surface area (Å²) in [4.78, 5) is 28.5. The van der Waals surface area contributed by atoms with Crippen LogP contribution in [-0.4, -0.2) is 32.0 Å². The Kier molecular flexibility index (Phi) is 4.89. The lowest BCUT2D eigenvalue weighted by Crippen LogP contribution is -2.37. The van der Waals surface area contributed by atoms with E-state index in [4.69, 9.17) is 0 Å². The Morgan fingerprint density at radius 1 is 1.06 bits per heavy atom. The maximum absolute atomic E-state index is 13.5. The number of rotatable bonds is 4. The van der Waals surface area contributed by atoms with Crippen LogP contribution in [0.2, 0.25) is 0 Å². The first-order valence-electron chi connectivity index (χ1n) is 10.9. The molecule has 2 aromatic carbocycles. The second-order valence-electron chi connectivity index (χ2n) is 8.53. The largest absolute Gasteiger partial charge is 0.310 e. The van der Waals surface area contributed by atoms with Gasteiger partial charge in [0.15, 0.2) is 0 Å². The van der Waals surface area contributed by atoms with Crippen molar-refractivity contribution in [3.63, 3.8) is 0 Å². The van der Waals surface area contributed by atoms with Gasteiger partial charge < -0.3 is 4.90 Å². The molecule has 0 unspecified atom stereocenters. The minimum absolute atomic E-state index is 0.0708. The van der Waals surface area contributed by atoms with E-state index < -0.39 is 0 Å². The number of hydrogen-bond acceptors (Lipinski definition) is 4. The molecule has 0 saturated carbocycles. The van der Waals surface area contributed by atoms with Gasteiger partial charge in [-0.1, -0.05) is 50.2 Å². The van der Waals surface area contributed by atoms with Gasteiger partial charge in [0.1, 0.15) is 12.1 Å². The summed E-state index contributed by atoms with van der Waals surface area (Å²) in [5, 5.41) is 9.85. The Labute approximate surface area is 185 Å². The van der Waals surface area contributed by atoms with E-state index in [9.17, 15) is 9.59 Å². The first kappa shape index (κ1) is 20.2. The van der Waals surface area contributed by atoms with Gasteiger partial charge in [0.25, 0.3) is 5.56 Å². The SMILES string of the molecule is Cc1ccccc1-n1ncc2c(C(C)C)nn(CC(=O)N3CCc4ccccc43)c(=O)c21. The van der Waals surface area contributed by atoms with Gasteiger partial charge in [-0.15, -0.1) is 0 Å². The summed E-state index contributed by atoms with van der Waals surface area (Å²) in [6.45, 7) is 6.55. The molecule has 0 bridgehead atoms. The Morgan fingerprint density at radius 2 is 1.78 bits per heavy atom. The van der Waals surface area contributed by atoms with Gasteiger partial charge in [-0.05, 0) is 42.5 Å². The highest BCUT2D eigenvalue weighted by Crippen LogP contribution is 2.28. The summed E-state index contributed by atoms with van der Waals surface area (Å²) >= 11 is 0. The van der Waals surface area contributed by atoms with Gasteiger partial charge in [0.2, 0.25) is 5.91 Å². The van der Waals surface area contributed by atoms with Gasteiger partial charge in [-0.3, -0.25) is 9.59 Å². The van der Waals surface area contributed by atoms with E-state index in [0.29, 0.717) is 12.1 Å². The van der Waals surface area contributed by atoms with Crippen LogP contribution in [0, 0.1) is 6.92 Å². The normalized spacial score (nSPS) is 13.2. The molecule has 0 atom stereocenters. The van der Waals surface area contributed by atoms with E-state index in [1.807, 2.05) is 69.3 Å². The van der Waals surface area contributed by atoms with E-state index in [1.165, 1.54) is 4.68 Å². The number of aryl methyl sites for hydroxylation is 1. The Hall–Kier alpha value is -3.74. The zero-order valence-electron chi connectivity index (χ0n) is 18.4. The lowest BCUT2D eigenvalue weighted by atomic mass is 10.1. The molecule has 7 heteroatoms. The van der Waals surface area contributed by atoms with E-state index in [-0.39, 0.29) is 23.9 Å². The van der Waals surface area contributed by atoms with Crippen molar-refractivity contribution in [1.29, 1.82) is 0 Å². The van der Waals surface area contributed by atoms with E-state index >= 15 is 0 Å². The fourth-order valence-electron chi connectivity index (χ4n) is 4.42. The monoisotopic (exact) mass is 427 g/mol. The molecule has 4 aromatic rings. The smallest absolute Gasteiger partial charge is 0.293 e. The predicted octanol–water partition coefficient (Wildman–Crippen LogP) is 3.60. The molecule has 0 saturated heterocycles. The molecule has 0 radical (unpaired) electrons. The maximum Gasteiger partial charge on any atom is 0.293 e. The summed E-state index contributed by atoms with van der Waals surface area (Å²) in [5.74, 6) is -0.0675. The number of benzene rings is 2. The number of anilines is 1. The average molecular weight is 428 g/mol. The van der Waals surface area contributed by atoms with Crippen molar-refractivity contribution in [1.82, 2.24) is 19.6 Å². The number of aromatic nitrogens is 4. The number of nitrogens with zero attached hydrogens (tertiary/aromatic N) is 5. The number of carbonyl (C=O) groups excluding carboxylic acids is 1. The molecule has 0 spiro atoms. The summed E-state index contributed by atoms with van der Waals surface area (Å²) in [5.41, 5.74) is 4.81. The van der Waals surface area contributed by atoms with Crippen molar-refractivity contribution in [3.05, 3.63) is 81.9 Å². The highest BCUT2D eigenvalue weighted by atomic mass is 16.2. The molecular weight excluding hydrogens is 402 g/mol. The van der Waals surface area contributed by atoms with Crippen molar-refractivity contribution in [2.24, 2.45) is 0 Å². The molecule has 7 nitrogen and oxygen atoms in total. The Bertz CT molecular complexity index is 1400. The summed E-state index contributed by atoms with van der Waals surface area (Å²) in [6, 6.07) is 15.7. The molecule has 0 fully saturated rings. The van der Waals surface area contributed by atoms with Crippen molar-refractivity contribution < 1.29 is 4.79 Å². The number of carbonyl (C=O) groups is 1. The molecule has 5 rings (SSSR count). The third-order valence-corrected chi connectivity index (χ3v) is 6.07. The minimum Gasteiger partial charge on any atom is -0.310 e. The number of hydrogen-bond donors (Lipinski definition) is 0. The molecule has 1 aliphatic rings. The molecule has 0 N–H and O–H groups in total. The summed E-state index contributed by atoms with van der Waals surface area (Å²) < 4.78 is 2.98. The van der Waals surface area contributed by atoms with E-state index in [2.05, 4.69) is 10.2 Å². The van der Waals surface area contributed by atoms with Gasteiger partial charge in [-0.2, -0.15) is 10.2 Å². The third kappa shape index (κ3) is 3.21. The Morgan fingerprint density at radius 3 is 2.53 bits per heavy atom. The first-order chi connectivity index (χ1) is 15.5. The van der Waals surface area contributed by atoms with Crippen LogP contribution < -0.4 is 10.5 Å². The highest BCUT2D eigenvalue weighted by molar-refractivity contribution is 5.95. The first-order valence-corrected chi connectivity index (χ1v) is 10.9. The molecule has 2 aromatic heterocycles. The van der Waals surface area contributed by atoms with Crippen LogP contribution in [0.15, 0.2) is 59.5 Å². The number of amides is 1. The van der Waals surface area contributed by atoms with Crippen LogP contribution in [-0.2, 0) is 17.8 Å². The second-order valence-corrected chi connectivity index (χ2v) is 8.53. The van der Waals surface area contributed by atoms with Crippen LogP contribution in [0.25, 0.3) is 16.6 Å². The molecule has 1 amide bonds. The topological polar surface area (TPSA) is 73.0 Å². The van der Waals surface area contributed by atoms with Crippen molar-refractivity contribution >= 4 is 22.5 Å². The number of fused-ring (bicyclic) bond motifs is 2. The quantitative estimate of drug-likeness (QED) is 0.499. The zero-order chi connectivity index (χ0) is 22.4. The Balaban J connectivity index is 1.62. The van der Waals surface area contributed by atoms with Gasteiger partial charge in [0.05, 0.1) is 17.6 Å². The molecule has 0 aliphatic carbocycles. The summed E-state index contributed by atoms with van der Waals surface area (Å²) in [7, 11) is 0. The van der Waals surface area contributed by atoms with Crippen LogP contribution in [0.5, 0.6) is 0 Å². The predicted molar refractivity (Wildman–Crippen MR) is 124 cm³/mol. The van der Waals surface area contributed by atoms with Crippen LogP contribution in [0.4, 0.5) is 5.69 Å². The van der Waals surface area contributed by atoms with E-state index in [1.54, 1.807) is 15.8 Å². The third-order valence-electron chi connectivity index (χ3n) is 6.07. The summed E-state index contributed by atoms with van der Waals surface area (Å²) in [6.07, 6.45) is 2.52. The molecule has 1 aliphatic heterocycles. The zero-order valence-corrected chi connectivity index (χ0v) is 18.4. The minimum atomic E-state index is -0.314. The van der Waals surface area contributed by atoms with E-state index in [0.717, 1.165) is 40.0 Å². The van der Waals surface area contributed by atoms with Crippen LogP contribution in [0.1, 0.15) is 36.6 Å². The lowest BCUT2D eigenvalue weighted by Gasteiger charge is -2.18. The maximum atomic E-state index is 13.5. The fourth-order valence-corrected chi connectivity index (χ4v) is 4.42. The second kappa shape index (κ2) is 7.75. The van der Waals surface area contributed by atoms with Gasteiger partial charge in [0, 0.05) is 17.6 Å². The molecular formula is C25H25N5O2. The van der Waals surface area contributed by atoms with Crippen LogP contribution in [0.3, 0.4) is 0 Å². The average Bonchev–Trinajstić information content (AvgIpc) is 3.41. The van der Waals surface area contributed by atoms with Crippen LogP contribution >= 0.6 is 0 Å². The lowest BCUT2D eigenvalue weighted by molar-refractivity contribution is -0.119. The van der Waals surface area contributed by atoms with Gasteiger partial charge >= 0.3 is 0 Å². The van der Waals surface area contributed by atoms with Crippen molar-refractivity contribution in [2.75, 3.05) is 11.4 Å². The molecule has 162 valence electrons. The standard InChI is InChI=1S/C25H25N5O2/c1-16(2)23-19-14-26-30(20-10-6-4-8-17(20)3)24(19)25(32)29(27-23)15-22(31)28-13-12-18-9-5-7-11-21(18)28/h4-11,14,16H,12-13,15H2,1-3H3. The van der Waals surface area contributed by atoms with Gasteiger partial charge in [-0.25, -0.2) is 9.36 Å². The fraction of sp³-hybridized carbons (Fsp3) is 0.280. The van der Waals surface area contributed by atoms with Crippen molar-refractivity contribution in [3.8, 4) is 5.69 Å². The highest BCUT2D eigenvalue weighted by Gasteiger charge is 2.26. The number of para-hydroxylation sites is 2. The molecule has 32 heavy (non-hydrogen) atoms. The molecule has 3 heterocycles.